The Kier molecular flexibility index (Phi) is 4.28. The quantitative estimate of drug-likeness (QED) is 0.542. The van der Waals surface area contributed by atoms with Crippen LogP contribution in [0.1, 0.15) is 0 Å². The van der Waals surface area contributed by atoms with E-state index in [1.807, 2.05) is 0 Å². The maximum absolute atomic E-state index is 12.1. The Balaban J connectivity index is 2.15. The lowest BCUT2D eigenvalue weighted by atomic mass is 10.2. The SMILES string of the molecule is CO[C@H]1CNCC1NS(=O)(=O)c1ccc([N+](=O)[O-])nc1. The van der Waals surface area contributed by atoms with Crippen molar-refractivity contribution < 1.29 is 18.1 Å². The molecule has 1 fully saturated rings. The number of hydrogen-bond acceptors (Lipinski definition) is 7. The third kappa shape index (κ3) is 3.10. The first kappa shape index (κ1) is 14.8. The minimum atomic E-state index is -3.78. The maximum Gasteiger partial charge on any atom is 0.363 e. The molecule has 0 radical (unpaired) electrons. The second-order valence-electron chi connectivity index (χ2n) is 4.27. The van der Waals surface area contributed by atoms with Gasteiger partial charge in [-0.3, -0.25) is 0 Å². The summed E-state index contributed by atoms with van der Waals surface area (Å²) in [5, 5.41) is 13.5. The predicted octanol–water partition coefficient (Wildman–Crippen LogP) is -0.745. The lowest BCUT2D eigenvalue weighted by molar-refractivity contribution is -0.389. The molecule has 0 amide bonds. The van der Waals surface area contributed by atoms with Gasteiger partial charge < -0.3 is 20.2 Å². The van der Waals surface area contributed by atoms with Gasteiger partial charge in [-0.1, -0.05) is 0 Å². The summed E-state index contributed by atoms with van der Waals surface area (Å²) in [5.41, 5.74) is 0. The molecule has 0 aliphatic carbocycles. The molecule has 10 heteroatoms. The Morgan fingerprint density at radius 2 is 2.25 bits per heavy atom. The zero-order chi connectivity index (χ0) is 14.8. The van der Waals surface area contributed by atoms with Crippen molar-refractivity contribution in [2.24, 2.45) is 0 Å². The van der Waals surface area contributed by atoms with Crippen LogP contribution >= 0.6 is 0 Å². The van der Waals surface area contributed by atoms with Crippen LogP contribution in [0.4, 0.5) is 5.82 Å². The fourth-order valence-electron chi connectivity index (χ4n) is 1.93. The molecule has 110 valence electrons. The van der Waals surface area contributed by atoms with E-state index in [1.165, 1.54) is 7.11 Å². The molecule has 0 aromatic carbocycles. The molecule has 0 saturated carbocycles. The molecule has 0 bridgehead atoms. The average Bonchev–Trinajstić information content (AvgIpc) is 2.85. The van der Waals surface area contributed by atoms with Crippen molar-refractivity contribution in [3.8, 4) is 0 Å². The van der Waals surface area contributed by atoms with E-state index in [-0.39, 0.29) is 17.0 Å². The number of nitrogens with zero attached hydrogens (tertiary/aromatic N) is 2. The maximum atomic E-state index is 12.1. The highest BCUT2D eigenvalue weighted by Crippen LogP contribution is 2.14. The van der Waals surface area contributed by atoms with E-state index in [2.05, 4.69) is 15.0 Å². The Bertz CT molecular complexity index is 588. The molecule has 2 heterocycles. The lowest BCUT2D eigenvalue weighted by Crippen LogP contribution is -2.43. The molecule has 1 aromatic rings. The minimum absolute atomic E-state index is 0.121. The number of ether oxygens (including phenoxy) is 1. The van der Waals surface area contributed by atoms with E-state index in [0.717, 1.165) is 18.3 Å². The van der Waals surface area contributed by atoms with Crippen molar-refractivity contribution in [1.82, 2.24) is 15.0 Å². The van der Waals surface area contributed by atoms with Gasteiger partial charge in [-0.25, -0.2) is 13.1 Å². The topological polar surface area (TPSA) is 123 Å². The van der Waals surface area contributed by atoms with Crippen LogP contribution < -0.4 is 10.0 Å². The normalized spacial score (nSPS) is 22.9. The van der Waals surface area contributed by atoms with Crippen molar-refractivity contribution >= 4 is 15.8 Å². The minimum Gasteiger partial charge on any atom is -0.378 e. The molecule has 1 aliphatic rings. The summed E-state index contributed by atoms with van der Waals surface area (Å²) in [7, 11) is -2.28. The largest absolute Gasteiger partial charge is 0.378 e. The molecule has 1 unspecified atom stereocenters. The lowest BCUT2D eigenvalue weighted by Gasteiger charge is -2.18. The number of hydrogen-bond donors (Lipinski definition) is 2. The van der Waals surface area contributed by atoms with Crippen molar-refractivity contribution in [3.63, 3.8) is 0 Å². The first-order valence-electron chi connectivity index (χ1n) is 5.80. The van der Waals surface area contributed by atoms with Gasteiger partial charge in [-0.15, -0.1) is 0 Å². The van der Waals surface area contributed by atoms with Gasteiger partial charge in [0.25, 0.3) is 0 Å². The van der Waals surface area contributed by atoms with Crippen LogP contribution in [-0.2, 0) is 14.8 Å². The second-order valence-corrected chi connectivity index (χ2v) is 5.98. The monoisotopic (exact) mass is 302 g/mol. The summed E-state index contributed by atoms with van der Waals surface area (Å²) in [6.45, 7) is 1.01. The molecule has 9 nitrogen and oxygen atoms in total. The fourth-order valence-corrected chi connectivity index (χ4v) is 3.14. The Hall–Kier alpha value is -1.62. The average molecular weight is 302 g/mol. The van der Waals surface area contributed by atoms with Gasteiger partial charge in [0.15, 0.2) is 6.20 Å². The summed E-state index contributed by atoms with van der Waals surface area (Å²) in [4.78, 5) is 13.2. The van der Waals surface area contributed by atoms with Gasteiger partial charge in [-0.2, -0.15) is 0 Å². The number of aromatic nitrogens is 1. The first-order valence-corrected chi connectivity index (χ1v) is 7.28. The van der Waals surface area contributed by atoms with E-state index < -0.39 is 20.8 Å². The third-order valence-corrected chi connectivity index (χ3v) is 4.46. The zero-order valence-electron chi connectivity index (χ0n) is 10.6. The van der Waals surface area contributed by atoms with Crippen LogP contribution in [0.2, 0.25) is 0 Å². The highest BCUT2D eigenvalue weighted by Gasteiger charge is 2.31. The van der Waals surface area contributed by atoms with Gasteiger partial charge >= 0.3 is 5.82 Å². The molecule has 2 atom stereocenters. The number of sulfonamides is 1. The number of nitro groups is 1. The van der Waals surface area contributed by atoms with E-state index in [9.17, 15) is 18.5 Å². The Morgan fingerprint density at radius 3 is 2.80 bits per heavy atom. The van der Waals surface area contributed by atoms with E-state index >= 15 is 0 Å². The van der Waals surface area contributed by atoms with Gasteiger partial charge in [0, 0.05) is 26.3 Å². The molecule has 0 spiro atoms. The molecule has 2 N–H and O–H groups in total. The zero-order valence-corrected chi connectivity index (χ0v) is 11.5. The van der Waals surface area contributed by atoms with Gasteiger partial charge in [0.2, 0.25) is 10.0 Å². The van der Waals surface area contributed by atoms with Crippen LogP contribution in [-0.4, -0.2) is 50.7 Å². The molecule has 1 saturated heterocycles. The van der Waals surface area contributed by atoms with Crippen molar-refractivity contribution in [3.05, 3.63) is 28.4 Å². The fraction of sp³-hybridized carbons (Fsp3) is 0.500. The van der Waals surface area contributed by atoms with Crippen LogP contribution in [0.15, 0.2) is 23.2 Å². The highest BCUT2D eigenvalue weighted by atomic mass is 32.2. The number of rotatable bonds is 5. The van der Waals surface area contributed by atoms with Crippen molar-refractivity contribution in [1.29, 1.82) is 0 Å². The molecule has 1 aliphatic heterocycles. The summed E-state index contributed by atoms with van der Waals surface area (Å²) >= 11 is 0. The predicted molar refractivity (Wildman–Crippen MR) is 68.7 cm³/mol. The molecule has 2 rings (SSSR count). The van der Waals surface area contributed by atoms with E-state index in [4.69, 9.17) is 4.74 Å². The Labute approximate surface area is 115 Å². The van der Waals surface area contributed by atoms with Gasteiger partial charge in [0.05, 0.1) is 12.1 Å². The van der Waals surface area contributed by atoms with Crippen molar-refractivity contribution in [2.75, 3.05) is 20.2 Å². The molecule has 20 heavy (non-hydrogen) atoms. The summed E-state index contributed by atoms with van der Waals surface area (Å²) in [5.74, 6) is -0.402. The van der Waals surface area contributed by atoms with Crippen molar-refractivity contribution in [2.45, 2.75) is 17.0 Å². The Morgan fingerprint density at radius 1 is 1.50 bits per heavy atom. The summed E-state index contributed by atoms with van der Waals surface area (Å²) < 4.78 is 31.9. The van der Waals surface area contributed by atoms with Crippen LogP contribution in [0, 0.1) is 10.1 Å². The molecule has 1 aromatic heterocycles. The molecular formula is C10H14N4O5S. The number of nitrogens with one attached hydrogen (secondary N) is 2. The highest BCUT2D eigenvalue weighted by molar-refractivity contribution is 7.89. The number of pyridine rings is 1. The summed E-state index contributed by atoms with van der Waals surface area (Å²) in [6, 6.07) is 1.81. The molecular weight excluding hydrogens is 288 g/mol. The standard InChI is InChI=1S/C10H14N4O5S/c1-19-9-6-11-5-8(9)13-20(17,18)7-2-3-10(12-4-7)14(15)16/h2-4,8-9,11,13H,5-6H2,1H3/t8?,9-/m0/s1. The second kappa shape index (κ2) is 5.79. The summed E-state index contributed by atoms with van der Waals surface area (Å²) in [6.07, 6.45) is 0.709. The van der Waals surface area contributed by atoms with Gasteiger partial charge in [-0.05, 0) is 16.0 Å². The van der Waals surface area contributed by atoms with Crippen LogP contribution in [0.25, 0.3) is 0 Å². The van der Waals surface area contributed by atoms with E-state index in [1.54, 1.807) is 0 Å². The smallest absolute Gasteiger partial charge is 0.363 e. The third-order valence-electron chi connectivity index (χ3n) is 2.99. The van der Waals surface area contributed by atoms with Crippen LogP contribution in [0.3, 0.4) is 0 Å². The van der Waals surface area contributed by atoms with Gasteiger partial charge in [0.1, 0.15) is 4.90 Å². The van der Waals surface area contributed by atoms with E-state index in [0.29, 0.717) is 13.1 Å². The number of methoxy groups -OCH3 is 1. The van der Waals surface area contributed by atoms with Crippen LogP contribution in [0.5, 0.6) is 0 Å². The first-order chi connectivity index (χ1) is 9.44.